The van der Waals surface area contributed by atoms with E-state index < -0.39 is 0 Å². The summed E-state index contributed by atoms with van der Waals surface area (Å²) in [7, 11) is 1.57. The summed E-state index contributed by atoms with van der Waals surface area (Å²) >= 11 is 5.96. The Morgan fingerprint density at radius 2 is 2.21 bits per heavy atom. The average molecular weight is 214 g/mol. The van der Waals surface area contributed by atoms with E-state index in [1.165, 1.54) is 0 Å². The molecule has 0 aliphatic rings. The van der Waals surface area contributed by atoms with Crippen LogP contribution in [0.25, 0.3) is 0 Å². The van der Waals surface area contributed by atoms with E-state index in [0.29, 0.717) is 17.3 Å². The van der Waals surface area contributed by atoms with Crippen molar-refractivity contribution in [2.45, 2.75) is 6.54 Å². The molecule has 0 saturated carbocycles. The second-order valence-electron chi connectivity index (χ2n) is 2.66. The van der Waals surface area contributed by atoms with E-state index in [4.69, 9.17) is 27.8 Å². The minimum absolute atomic E-state index is 0.0342. The zero-order chi connectivity index (χ0) is 10.6. The van der Waals surface area contributed by atoms with E-state index in [-0.39, 0.29) is 5.96 Å². The fourth-order valence-corrected chi connectivity index (χ4v) is 1.28. The molecule has 0 saturated heterocycles. The molecule has 4 N–H and O–H groups in total. The normalized spacial score (nSPS) is 9.57. The minimum Gasteiger partial charge on any atom is -0.496 e. The van der Waals surface area contributed by atoms with Gasteiger partial charge in [0.25, 0.3) is 0 Å². The molecule has 14 heavy (non-hydrogen) atoms. The molecule has 0 fully saturated rings. The Kier molecular flexibility index (Phi) is 3.59. The van der Waals surface area contributed by atoms with E-state index in [0.717, 1.165) is 5.56 Å². The van der Waals surface area contributed by atoms with Crippen LogP contribution in [0.15, 0.2) is 23.2 Å². The van der Waals surface area contributed by atoms with Crippen molar-refractivity contribution in [1.82, 2.24) is 0 Å². The largest absolute Gasteiger partial charge is 0.496 e. The first-order valence-corrected chi connectivity index (χ1v) is 4.39. The Morgan fingerprint density at radius 1 is 1.50 bits per heavy atom. The van der Waals surface area contributed by atoms with Crippen molar-refractivity contribution >= 4 is 17.6 Å². The van der Waals surface area contributed by atoms with Crippen LogP contribution < -0.4 is 16.2 Å². The highest BCUT2D eigenvalue weighted by atomic mass is 35.5. The molecule has 0 spiro atoms. The zero-order valence-electron chi connectivity index (χ0n) is 7.83. The van der Waals surface area contributed by atoms with Crippen LogP contribution in [0.4, 0.5) is 0 Å². The maximum Gasteiger partial charge on any atom is 0.186 e. The summed E-state index contributed by atoms with van der Waals surface area (Å²) in [5.74, 6) is 0.717. The summed E-state index contributed by atoms with van der Waals surface area (Å²) in [6.45, 7) is 0.325. The molecule has 5 heteroatoms. The van der Waals surface area contributed by atoms with Crippen molar-refractivity contribution in [1.29, 1.82) is 0 Å². The third-order valence-corrected chi connectivity index (χ3v) is 2.07. The smallest absolute Gasteiger partial charge is 0.186 e. The predicted octanol–water partition coefficient (Wildman–Crippen LogP) is 1.12. The molecule has 0 aliphatic heterocycles. The summed E-state index contributed by atoms with van der Waals surface area (Å²) in [4.78, 5) is 3.87. The Labute approximate surface area is 87.5 Å². The minimum atomic E-state index is 0.0342. The summed E-state index contributed by atoms with van der Waals surface area (Å²) in [6, 6.07) is 5.38. The van der Waals surface area contributed by atoms with Crippen LogP contribution in [-0.4, -0.2) is 13.1 Å². The van der Waals surface area contributed by atoms with Crippen LogP contribution >= 0.6 is 11.6 Å². The summed E-state index contributed by atoms with van der Waals surface area (Å²) in [5, 5.41) is 0.592. The van der Waals surface area contributed by atoms with Gasteiger partial charge in [-0.3, -0.25) is 0 Å². The molecule has 0 atom stereocenters. The van der Waals surface area contributed by atoms with Gasteiger partial charge in [-0.1, -0.05) is 17.7 Å². The summed E-state index contributed by atoms with van der Waals surface area (Å²) < 4.78 is 5.12. The Hall–Kier alpha value is -1.42. The summed E-state index contributed by atoms with van der Waals surface area (Å²) in [6.07, 6.45) is 0. The molecule has 4 nitrogen and oxygen atoms in total. The second-order valence-corrected chi connectivity index (χ2v) is 3.07. The lowest BCUT2D eigenvalue weighted by molar-refractivity contribution is 0.410. The highest BCUT2D eigenvalue weighted by molar-refractivity contribution is 6.31. The monoisotopic (exact) mass is 213 g/mol. The highest BCUT2D eigenvalue weighted by Crippen LogP contribution is 2.26. The van der Waals surface area contributed by atoms with Crippen LogP contribution in [0.2, 0.25) is 5.02 Å². The van der Waals surface area contributed by atoms with Crippen molar-refractivity contribution < 1.29 is 4.74 Å². The molecule has 76 valence electrons. The first-order valence-electron chi connectivity index (χ1n) is 4.02. The van der Waals surface area contributed by atoms with Gasteiger partial charge in [0, 0.05) is 10.6 Å². The SMILES string of the molecule is COc1cccc(Cl)c1CN=C(N)N. The van der Waals surface area contributed by atoms with Gasteiger partial charge in [0.05, 0.1) is 13.7 Å². The van der Waals surface area contributed by atoms with Crippen molar-refractivity contribution in [2.24, 2.45) is 16.5 Å². The van der Waals surface area contributed by atoms with Gasteiger partial charge in [0.15, 0.2) is 5.96 Å². The molecular weight excluding hydrogens is 202 g/mol. The number of nitrogens with zero attached hydrogens (tertiary/aromatic N) is 1. The Bertz CT molecular complexity index is 348. The molecular formula is C9H12ClN3O. The fourth-order valence-electron chi connectivity index (χ4n) is 1.05. The topological polar surface area (TPSA) is 73.6 Å². The average Bonchev–Trinajstić information content (AvgIpc) is 2.15. The molecule has 0 unspecified atom stereocenters. The van der Waals surface area contributed by atoms with E-state index in [9.17, 15) is 0 Å². The number of hydrogen-bond acceptors (Lipinski definition) is 2. The lowest BCUT2D eigenvalue weighted by Crippen LogP contribution is -2.22. The summed E-state index contributed by atoms with van der Waals surface area (Å²) in [5.41, 5.74) is 11.2. The van der Waals surface area contributed by atoms with Gasteiger partial charge in [-0.15, -0.1) is 0 Å². The Balaban J connectivity index is 2.99. The number of benzene rings is 1. The number of ether oxygens (including phenoxy) is 1. The lowest BCUT2D eigenvalue weighted by Gasteiger charge is -2.07. The van der Waals surface area contributed by atoms with Gasteiger partial charge < -0.3 is 16.2 Å². The third kappa shape index (κ3) is 2.53. The van der Waals surface area contributed by atoms with Crippen molar-refractivity contribution in [2.75, 3.05) is 7.11 Å². The van der Waals surface area contributed by atoms with Crippen molar-refractivity contribution in [3.8, 4) is 5.75 Å². The Morgan fingerprint density at radius 3 is 2.79 bits per heavy atom. The van der Waals surface area contributed by atoms with Crippen LogP contribution in [-0.2, 0) is 6.54 Å². The standard InChI is InChI=1S/C9H12ClN3O/c1-14-8-4-2-3-7(10)6(8)5-13-9(11)12/h2-4H,5H2,1H3,(H4,11,12,13). The molecule has 0 aliphatic carbocycles. The molecule has 0 aromatic heterocycles. The number of methoxy groups -OCH3 is 1. The number of rotatable bonds is 3. The van der Waals surface area contributed by atoms with Gasteiger partial charge in [-0.2, -0.15) is 0 Å². The van der Waals surface area contributed by atoms with Crippen molar-refractivity contribution in [3.05, 3.63) is 28.8 Å². The molecule has 0 bridgehead atoms. The van der Waals surface area contributed by atoms with E-state index in [1.54, 1.807) is 19.2 Å². The molecule has 1 aromatic rings. The van der Waals surface area contributed by atoms with Crippen LogP contribution in [0.5, 0.6) is 5.75 Å². The van der Waals surface area contributed by atoms with Gasteiger partial charge >= 0.3 is 0 Å². The first kappa shape index (κ1) is 10.7. The molecule has 0 amide bonds. The molecule has 0 radical (unpaired) electrons. The fraction of sp³-hybridized carbons (Fsp3) is 0.222. The van der Waals surface area contributed by atoms with Gasteiger partial charge in [-0.05, 0) is 12.1 Å². The van der Waals surface area contributed by atoms with Gasteiger partial charge in [0.1, 0.15) is 5.75 Å². The zero-order valence-corrected chi connectivity index (χ0v) is 8.58. The quantitative estimate of drug-likeness (QED) is 0.584. The number of halogens is 1. The van der Waals surface area contributed by atoms with E-state index >= 15 is 0 Å². The maximum atomic E-state index is 5.96. The van der Waals surface area contributed by atoms with E-state index in [1.807, 2.05) is 6.07 Å². The molecule has 0 heterocycles. The lowest BCUT2D eigenvalue weighted by atomic mass is 10.2. The third-order valence-electron chi connectivity index (χ3n) is 1.72. The number of hydrogen-bond donors (Lipinski definition) is 2. The number of guanidine groups is 1. The van der Waals surface area contributed by atoms with Crippen molar-refractivity contribution in [3.63, 3.8) is 0 Å². The molecule has 1 aromatic carbocycles. The first-order chi connectivity index (χ1) is 6.65. The highest BCUT2D eigenvalue weighted by Gasteiger charge is 2.06. The maximum absolute atomic E-state index is 5.96. The van der Waals surface area contributed by atoms with Crippen LogP contribution in [0.3, 0.4) is 0 Å². The van der Waals surface area contributed by atoms with Crippen LogP contribution in [0.1, 0.15) is 5.56 Å². The van der Waals surface area contributed by atoms with Gasteiger partial charge in [-0.25, -0.2) is 4.99 Å². The molecule has 1 rings (SSSR count). The second kappa shape index (κ2) is 4.72. The van der Waals surface area contributed by atoms with Gasteiger partial charge in [0.2, 0.25) is 0 Å². The number of aliphatic imine (C=N–C) groups is 1. The van der Waals surface area contributed by atoms with E-state index in [2.05, 4.69) is 4.99 Å². The number of nitrogens with two attached hydrogens (primary N) is 2. The predicted molar refractivity (Wildman–Crippen MR) is 57.5 cm³/mol. The van der Waals surface area contributed by atoms with Crippen LogP contribution in [0, 0.1) is 0 Å².